The number of hydrogen-bond donors (Lipinski definition) is 2. The number of hydrogen-bond acceptors (Lipinski definition) is 4. The van der Waals surface area contributed by atoms with E-state index in [1.165, 1.54) is 21.6 Å². The minimum atomic E-state index is 0.690. The number of anilines is 1. The molecule has 1 aromatic heterocycles. The second-order valence-corrected chi connectivity index (χ2v) is 5.27. The Morgan fingerprint density at radius 3 is 2.72 bits per heavy atom. The van der Waals surface area contributed by atoms with E-state index >= 15 is 0 Å². The van der Waals surface area contributed by atoms with Crippen LogP contribution in [0.2, 0.25) is 0 Å². The molecule has 0 saturated carbocycles. The average Bonchev–Trinajstić information content (AvgIpc) is 2.40. The zero-order chi connectivity index (χ0) is 13.0. The molecule has 0 fully saturated rings. The van der Waals surface area contributed by atoms with Crippen molar-refractivity contribution in [2.24, 2.45) is 5.84 Å². The number of nitrogen functional groups attached to an aromatic ring is 1. The summed E-state index contributed by atoms with van der Waals surface area (Å²) >= 11 is 1.84. The third-order valence-corrected chi connectivity index (χ3v) is 3.94. The summed E-state index contributed by atoms with van der Waals surface area (Å²) in [7, 11) is 0. The lowest BCUT2D eigenvalue weighted by Crippen LogP contribution is -2.08. The van der Waals surface area contributed by atoms with Gasteiger partial charge in [-0.05, 0) is 37.1 Å². The van der Waals surface area contributed by atoms with Gasteiger partial charge < -0.3 is 5.43 Å². The lowest BCUT2D eigenvalue weighted by Gasteiger charge is -2.07. The Bertz CT molecular complexity index is 523. The van der Waals surface area contributed by atoms with Crippen LogP contribution in [0, 0.1) is 13.8 Å². The third-order valence-electron chi connectivity index (χ3n) is 2.71. The highest BCUT2D eigenvalue weighted by Gasteiger charge is 2.01. The minimum absolute atomic E-state index is 0.690. The number of nitrogens with two attached hydrogens (primary N) is 1. The molecule has 0 atom stereocenters. The molecule has 2 aromatic rings. The van der Waals surface area contributed by atoms with Crippen LogP contribution in [0.15, 0.2) is 41.4 Å². The molecule has 0 amide bonds. The topological polar surface area (TPSA) is 50.9 Å². The summed E-state index contributed by atoms with van der Waals surface area (Å²) in [5.74, 6) is 6.89. The highest BCUT2D eigenvalue weighted by atomic mass is 32.2. The summed E-state index contributed by atoms with van der Waals surface area (Å²) in [6.07, 6.45) is 1.85. The van der Waals surface area contributed by atoms with Crippen LogP contribution >= 0.6 is 11.8 Å². The Morgan fingerprint density at radius 2 is 2.06 bits per heavy atom. The number of benzene rings is 1. The third kappa shape index (κ3) is 3.24. The van der Waals surface area contributed by atoms with E-state index in [-0.39, 0.29) is 0 Å². The van der Waals surface area contributed by atoms with Gasteiger partial charge in [0.25, 0.3) is 0 Å². The average molecular weight is 259 g/mol. The molecule has 0 saturated heterocycles. The first kappa shape index (κ1) is 12.9. The Morgan fingerprint density at radius 1 is 1.22 bits per heavy atom. The summed E-state index contributed by atoms with van der Waals surface area (Å²) in [6.45, 7) is 4.26. The molecule has 0 spiro atoms. The highest BCUT2D eigenvalue weighted by molar-refractivity contribution is 7.98. The molecule has 0 aliphatic heterocycles. The Balaban J connectivity index is 2.04. The fraction of sp³-hybridized carbons (Fsp3) is 0.214. The molecule has 1 heterocycles. The summed E-state index contributed by atoms with van der Waals surface area (Å²) in [5, 5.41) is 0. The first-order valence-corrected chi connectivity index (χ1v) is 6.79. The van der Waals surface area contributed by atoms with Crippen LogP contribution in [0.25, 0.3) is 0 Å². The van der Waals surface area contributed by atoms with Gasteiger partial charge in [-0.2, -0.15) is 0 Å². The zero-order valence-corrected chi connectivity index (χ0v) is 11.4. The van der Waals surface area contributed by atoms with Crippen LogP contribution in [-0.4, -0.2) is 4.98 Å². The molecule has 0 aliphatic carbocycles. The second kappa shape index (κ2) is 5.89. The summed E-state index contributed by atoms with van der Waals surface area (Å²) in [6, 6.07) is 10.5. The van der Waals surface area contributed by atoms with E-state index in [4.69, 9.17) is 5.84 Å². The fourth-order valence-electron chi connectivity index (χ4n) is 1.62. The van der Waals surface area contributed by atoms with Gasteiger partial charge in [-0.1, -0.05) is 23.8 Å². The van der Waals surface area contributed by atoms with Crippen LogP contribution < -0.4 is 11.3 Å². The number of nitrogens with one attached hydrogen (secondary N) is 1. The van der Waals surface area contributed by atoms with Crippen LogP contribution in [0.3, 0.4) is 0 Å². The quantitative estimate of drug-likeness (QED) is 0.502. The number of pyridine rings is 1. The SMILES string of the molecule is Cc1ccc(C)c(SCc2ccc(NN)nc2)c1. The van der Waals surface area contributed by atoms with Crippen molar-refractivity contribution in [3.63, 3.8) is 0 Å². The lowest BCUT2D eigenvalue weighted by atomic mass is 10.2. The zero-order valence-electron chi connectivity index (χ0n) is 10.6. The molecule has 0 aliphatic rings. The van der Waals surface area contributed by atoms with Gasteiger partial charge in [-0.15, -0.1) is 11.8 Å². The van der Waals surface area contributed by atoms with Gasteiger partial charge in [-0.25, -0.2) is 10.8 Å². The van der Waals surface area contributed by atoms with E-state index in [9.17, 15) is 0 Å². The number of aromatic nitrogens is 1. The van der Waals surface area contributed by atoms with Crippen LogP contribution in [0.1, 0.15) is 16.7 Å². The molecular weight excluding hydrogens is 242 g/mol. The first-order valence-electron chi connectivity index (χ1n) is 5.80. The van der Waals surface area contributed by atoms with Crippen LogP contribution in [0.4, 0.5) is 5.82 Å². The van der Waals surface area contributed by atoms with Crippen molar-refractivity contribution >= 4 is 17.6 Å². The number of aryl methyl sites for hydroxylation is 2. The predicted molar refractivity (Wildman–Crippen MR) is 77.5 cm³/mol. The normalized spacial score (nSPS) is 10.4. The number of rotatable bonds is 4. The summed E-state index contributed by atoms with van der Waals surface area (Å²) in [5.41, 5.74) is 6.33. The van der Waals surface area contributed by atoms with Gasteiger partial charge in [0.2, 0.25) is 0 Å². The second-order valence-electron chi connectivity index (χ2n) is 4.25. The molecular formula is C14H17N3S. The number of nitrogens with zero attached hydrogens (tertiary/aromatic N) is 1. The molecule has 1 aromatic carbocycles. The molecule has 18 heavy (non-hydrogen) atoms. The fourth-order valence-corrected chi connectivity index (χ4v) is 2.68. The maximum Gasteiger partial charge on any atom is 0.139 e. The minimum Gasteiger partial charge on any atom is -0.308 e. The van der Waals surface area contributed by atoms with Crippen molar-refractivity contribution in [3.05, 3.63) is 53.2 Å². The lowest BCUT2D eigenvalue weighted by molar-refractivity contribution is 1.19. The van der Waals surface area contributed by atoms with Gasteiger partial charge >= 0.3 is 0 Å². The molecule has 0 bridgehead atoms. The molecule has 2 rings (SSSR count). The van der Waals surface area contributed by atoms with E-state index in [0.29, 0.717) is 5.82 Å². The van der Waals surface area contributed by atoms with Gasteiger partial charge in [0.1, 0.15) is 5.82 Å². The molecule has 94 valence electrons. The summed E-state index contributed by atoms with van der Waals surface area (Å²) < 4.78 is 0. The Hall–Kier alpha value is -1.52. The highest BCUT2D eigenvalue weighted by Crippen LogP contribution is 2.26. The van der Waals surface area contributed by atoms with E-state index in [1.54, 1.807) is 0 Å². The number of hydrazine groups is 1. The van der Waals surface area contributed by atoms with Crippen molar-refractivity contribution in [1.82, 2.24) is 4.98 Å². The Labute approximate surface area is 112 Å². The first-order chi connectivity index (χ1) is 8.69. The van der Waals surface area contributed by atoms with Crippen molar-refractivity contribution in [3.8, 4) is 0 Å². The maximum atomic E-state index is 5.28. The molecule has 3 N–H and O–H groups in total. The van der Waals surface area contributed by atoms with Gasteiger partial charge in [0.05, 0.1) is 0 Å². The van der Waals surface area contributed by atoms with E-state index < -0.39 is 0 Å². The van der Waals surface area contributed by atoms with Gasteiger partial charge in [0.15, 0.2) is 0 Å². The van der Waals surface area contributed by atoms with Crippen molar-refractivity contribution in [2.75, 3.05) is 5.43 Å². The van der Waals surface area contributed by atoms with Gasteiger partial charge in [0, 0.05) is 16.8 Å². The standard InChI is InChI=1S/C14H17N3S/c1-10-3-4-11(2)13(7-10)18-9-12-5-6-14(17-15)16-8-12/h3-8H,9,15H2,1-2H3,(H,16,17). The van der Waals surface area contributed by atoms with E-state index in [1.807, 2.05) is 30.1 Å². The van der Waals surface area contributed by atoms with Crippen LogP contribution in [0.5, 0.6) is 0 Å². The monoisotopic (exact) mass is 259 g/mol. The van der Waals surface area contributed by atoms with Crippen molar-refractivity contribution in [1.29, 1.82) is 0 Å². The smallest absolute Gasteiger partial charge is 0.139 e. The van der Waals surface area contributed by atoms with Gasteiger partial charge in [-0.3, -0.25) is 0 Å². The predicted octanol–water partition coefficient (Wildman–Crippen LogP) is 3.28. The maximum absolute atomic E-state index is 5.28. The number of thioether (sulfide) groups is 1. The Kier molecular flexibility index (Phi) is 4.23. The van der Waals surface area contributed by atoms with E-state index in [2.05, 4.69) is 42.5 Å². The van der Waals surface area contributed by atoms with Crippen LogP contribution in [-0.2, 0) is 5.75 Å². The summed E-state index contributed by atoms with van der Waals surface area (Å²) in [4.78, 5) is 5.53. The molecule has 0 unspecified atom stereocenters. The van der Waals surface area contributed by atoms with Crippen molar-refractivity contribution in [2.45, 2.75) is 24.5 Å². The molecule has 4 heteroatoms. The van der Waals surface area contributed by atoms with Crippen molar-refractivity contribution < 1.29 is 0 Å². The molecule has 0 radical (unpaired) electrons. The largest absolute Gasteiger partial charge is 0.308 e. The molecule has 3 nitrogen and oxygen atoms in total. The van der Waals surface area contributed by atoms with E-state index in [0.717, 1.165) is 5.75 Å².